The lowest BCUT2D eigenvalue weighted by Gasteiger charge is -2.12. The topological polar surface area (TPSA) is 35.8 Å². The minimum Gasteiger partial charge on any atom is -0.296 e. The van der Waals surface area contributed by atoms with E-state index in [4.69, 9.17) is 5.26 Å². The van der Waals surface area contributed by atoms with E-state index in [0.717, 1.165) is 6.42 Å². The number of nitriles is 1. The summed E-state index contributed by atoms with van der Waals surface area (Å²) in [5.41, 5.74) is 0. The average molecular weight is 138 g/mol. The summed E-state index contributed by atoms with van der Waals surface area (Å²) < 4.78 is 0. The van der Waals surface area contributed by atoms with Crippen LogP contribution in [0.4, 0.5) is 0 Å². The van der Waals surface area contributed by atoms with Gasteiger partial charge >= 0.3 is 0 Å². The Bertz CT molecular complexity index is 135. The Hall–Kier alpha value is -0.810. The Kier molecular flexibility index (Phi) is 4.61. The maximum atomic E-state index is 8.52. The molecular weight excluding hydrogens is 124 g/mol. The van der Waals surface area contributed by atoms with E-state index < -0.39 is 0 Å². The number of nitrogens with one attached hydrogen (secondary N) is 1. The number of hydrogen-bond donors (Lipinski definition) is 1. The average Bonchev–Trinajstić information content (AvgIpc) is 1.99. The van der Waals surface area contributed by atoms with Gasteiger partial charge in [-0.05, 0) is 13.3 Å². The molecule has 0 fully saturated rings. The smallest absolute Gasteiger partial charge is 0.0954 e. The van der Waals surface area contributed by atoms with Crippen molar-refractivity contribution >= 4 is 0 Å². The van der Waals surface area contributed by atoms with Gasteiger partial charge in [0.2, 0.25) is 0 Å². The molecule has 10 heavy (non-hydrogen) atoms. The van der Waals surface area contributed by atoms with Crippen LogP contribution in [0.1, 0.15) is 20.3 Å². The van der Waals surface area contributed by atoms with Crippen LogP contribution in [0, 0.1) is 11.3 Å². The van der Waals surface area contributed by atoms with Gasteiger partial charge in [0, 0.05) is 6.04 Å². The summed E-state index contributed by atoms with van der Waals surface area (Å²) in [7, 11) is 0. The highest BCUT2D eigenvalue weighted by Gasteiger charge is 2.04. The second-order valence-corrected chi connectivity index (χ2v) is 2.28. The second-order valence-electron chi connectivity index (χ2n) is 2.28. The molecule has 2 nitrogen and oxygen atoms in total. The zero-order valence-electron chi connectivity index (χ0n) is 6.59. The second kappa shape index (κ2) is 5.01. The highest BCUT2D eigenvalue weighted by molar-refractivity contribution is 4.93. The molecule has 0 aromatic heterocycles. The van der Waals surface area contributed by atoms with Crippen LogP contribution >= 0.6 is 0 Å². The van der Waals surface area contributed by atoms with E-state index in [1.165, 1.54) is 0 Å². The SMILES string of the molecule is C=CC(C)NC(C#N)CC. The lowest BCUT2D eigenvalue weighted by molar-refractivity contribution is 0.550. The van der Waals surface area contributed by atoms with Crippen LogP contribution in [0.3, 0.4) is 0 Å². The summed E-state index contributed by atoms with van der Waals surface area (Å²) >= 11 is 0. The van der Waals surface area contributed by atoms with Crippen molar-refractivity contribution in [1.29, 1.82) is 5.26 Å². The zero-order valence-corrected chi connectivity index (χ0v) is 6.59. The molecular formula is C8H14N2. The molecule has 2 atom stereocenters. The summed E-state index contributed by atoms with van der Waals surface area (Å²) in [6.45, 7) is 7.57. The summed E-state index contributed by atoms with van der Waals surface area (Å²) in [5.74, 6) is 0. The van der Waals surface area contributed by atoms with Crippen molar-refractivity contribution in [2.24, 2.45) is 0 Å². The Labute approximate surface area is 62.5 Å². The molecule has 0 aliphatic rings. The number of hydrogen-bond acceptors (Lipinski definition) is 2. The minimum absolute atomic E-state index is 0.0343. The Morgan fingerprint density at radius 1 is 1.80 bits per heavy atom. The Morgan fingerprint density at radius 2 is 2.40 bits per heavy atom. The molecule has 0 saturated carbocycles. The fourth-order valence-corrected chi connectivity index (χ4v) is 0.632. The van der Waals surface area contributed by atoms with Crippen molar-refractivity contribution < 1.29 is 0 Å². The molecule has 2 heteroatoms. The van der Waals surface area contributed by atoms with Gasteiger partial charge in [0.25, 0.3) is 0 Å². The first-order chi connectivity index (χ1) is 4.74. The lowest BCUT2D eigenvalue weighted by atomic mass is 10.2. The van der Waals surface area contributed by atoms with Gasteiger partial charge < -0.3 is 0 Å². The standard InChI is InChI=1S/C8H14N2/c1-4-7(3)10-8(5-2)6-9/h4,7-8,10H,1,5H2,2-3H3. The van der Waals surface area contributed by atoms with E-state index in [-0.39, 0.29) is 12.1 Å². The highest BCUT2D eigenvalue weighted by atomic mass is 14.9. The molecule has 0 spiro atoms. The van der Waals surface area contributed by atoms with E-state index in [1.54, 1.807) is 6.08 Å². The molecule has 2 unspecified atom stereocenters. The van der Waals surface area contributed by atoms with E-state index in [9.17, 15) is 0 Å². The van der Waals surface area contributed by atoms with Crippen LogP contribution in [0.5, 0.6) is 0 Å². The third-order valence-corrected chi connectivity index (χ3v) is 1.38. The number of rotatable bonds is 4. The van der Waals surface area contributed by atoms with Crippen LogP contribution in [-0.2, 0) is 0 Å². The molecule has 0 saturated heterocycles. The molecule has 0 heterocycles. The maximum absolute atomic E-state index is 8.52. The van der Waals surface area contributed by atoms with Gasteiger partial charge in [0.05, 0.1) is 12.1 Å². The lowest BCUT2D eigenvalue weighted by Crippen LogP contribution is -2.33. The van der Waals surface area contributed by atoms with E-state index in [1.807, 2.05) is 13.8 Å². The normalized spacial score (nSPS) is 15.3. The molecule has 56 valence electrons. The van der Waals surface area contributed by atoms with Crippen molar-refractivity contribution in [3.63, 3.8) is 0 Å². The van der Waals surface area contributed by atoms with Crippen LogP contribution in [-0.4, -0.2) is 12.1 Å². The van der Waals surface area contributed by atoms with E-state index in [2.05, 4.69) is 18.0 Å². The van der Waals surface area contributed by atoms with Crippen LogP contribution < -0.4 is 5.32 Å². The summed E-state index contributed by atoms with van der Waals surface area (Å²) in [4.78, 5) is 0. The van der Waals surface area contributed by atoms with Crippen molar-refractivity contribution in [3.8, 4) is 6.07 Å². The van der Waals surface area contributed by atoms with Gasteiger partial charge in [-0.2, -0.15) is 5.26 Å². The van der Waals surface area contributed by atoms with Gasteiger partial charge in [-0.25, -0.2) is 0 Å². The summed E-state index contributed by atoms with van der Waals surface area (Å²) in [6, 6.07) is 2.35. The van der Waals surface area contributed by atoms with Crippen LogP contribution in [0.25, 0.3) is 0 Å². The third kappa shape index (κ3) is 3.26. The molecule has 0 aliphatic heterocycles. The molecule has 0 aromatic rings. The van der Waals surface area contributed by atoms with Crippen molar-refractivity contribution in [2.45, 2.75) is 32.4 Å². The number of nitrogens with zero attached hydrogens (tertiary/aromatic N) is 1. The van der Waals surface area contributed by atoms with Crippen molar-refractivity contribution in [1.82, 2.24) is 5.32 Å². The largest absolute Gasteiger partial charge is 0.296 e. The summed E-state index contributed by atoms with van der Waals surface area (Å²) in [6.07, 6.45) is 2.63. The van der Waals surface area contributed by atoms with E-state index in [0.29, 0.717) is 0 Å². The van der Waals surface area contributed by atoms with Crippen LogP contribution in [0.2, 0.25) is 0 Å². The Morgan fingerprint density at radius 3 is 2.70 bits per heavy atom. The zero-order chi connectivity index (χ0) is 7.98. The van der Waals surface area contributed by atoms with Gasteiger partial charge in [0.1, 0.15) is 0 Å². The summed E-state index contributed by atoms with van der Waals surface area (Å²) in [5, 5.41) is 11.6. The monoisotopic (exact) mass is 138 g/mol. The predicted molar refractivity (Wildman–Crippen MR) is 42.5 cm³/mol. The van der Waals surface area contributed by atoms with Gasteiger partial charge in [-0.1, -0.05) is 13.0 Å². The maximum Gasteiger partial charge on any atom is 0.0954 e. The van der Waals surface area contributed by atoms with Crippen molar-refractivity contribution in [3.05, 3.63) is 12.7 Å². The molecule has 0 bridgehead atoms. The highest BCUT2D eigenvalue weighted by Crippen LogP contribution is 1.91. The fraction of sp³-hybridized carbons (Fsp3) is 0.625. The first-order valence-corrected chi connectivity index (χ1v) is 3.52. The first kappa shape index (κ1) is 9.19. The van der Waals surface area contributed by atoms with Gasteiger partial charge in [-0.3, -0.25) is 5.32 Å². The molecule has 0 amide bonds. The van der Waals surface area contributed by atoms with Crippen LogP contribution in [0.15, 0.2) is 12.7 Å². The molecule has 0 aliphatic carbocycles. The molecule has 1 N–H and O–H groups in total. The quantitative estimate of drug-likeness (QED) is 0.597. The van der Waals surface area contributed by atoms with E-state index >= 15 is 0 Å². The first-order valence-electron chi connectivity index (χ1n) is 3.52. The minimum atomic E-state index is -0.0343. The van der Waals surface area contributed by atoms with Gasteiger partial charge in [0.15, 0.2) is 0 Å². The molecule has 0 rings (SSSR count). The molecule has 0 radical (unpaired) electrons. The molecule has 0 aromatic carbocycles. The third-order valence-electron chi connectivity index (χ3n) is 1.38. The Balaban J connectivity index is 3.65. The van der Waals surface area contributed by atoms with Gasteiger partial charge in [-0.15, -0.1) is 6.58 Å². The van der Waals surface area contributed by atoms with Crippen molar-refractivity contribution in [2.75, 3.05) is 0 Å². The predicted octanol–water partition coefficient (Wildman–Crippen LogP) is 1.45. The fourth-order valence-electron chi connectivity index (χ4n) is 0.632.